The van der Waals surface area contributed by atoms with Gasteiger partial charge in [-0.05, 0) is 36.6 Å². The summed E-state index contributed by atoms with van der Waals surface area (Å²) >= 11 is 5.87. The van der Waals surface area contributed by atoms with E-state index in [4.69, 9.17) is 11.6 Å². The molecule has 3 N–H and O–H groups in total. The van der Waals surface area contributed by atoms with E-state index in [0.717, 1.165) is 11.1 Å². The summed E-state index contributed by atoms with van der Waals surface area (Å²) in [7, 11) is 0. The number of nitrogens with one attached hydrogen (secondary N) is 2. The molecule has 2 aromatic rings. The van der Waals surface area contributed by atoms with Crippen LogP contribution in [0.2, 0.25) is 5.02 Å². The van der Waals surface area contributed by atoms with Crippen molar-refractivity contribution < 1.29 is 9.90 Å². The number of benzene rings is 2. The van der Waals surface area contributed by atoms with Gasteiger partial charge in [-0.2, -0.15) is 0 Å². The molecular formula is C19H23ClN2O2. The molecule has 0 aromatic heterocycles. The molecule has 0 radical (unpaired) electrons. The van der Waals surface area contributed by atoms with E-state index in [9.17, 15) is 9.90 Å². The molecule has 128 valence electrons. The third-order valence-corrected chi connectivity index (χ3v) is 4.23. The molecule has 0 aliphatic rings. The van der Waals surface area contributed by atoms with E-state index in [-0.39, 0.29) is 24.6 Å². The van der Waals surface area contributed by atoms with Crippen LogP contribution in [0.15, 0.2) is 54.6 Å². The first-order valence-corrected chi connectivity index (χ1v) is 8.43. The van der Waals surface area contributed by atoms with Crippen molar-refractivity contribution in [2.45, 2.75) is 25.3 Å². The maximum Gasteiger partial charge on any atom is 0.315 e. The van der Waals surface area contributed by atoms with E-state index >= 15 is 0 Å². The minimum absolute atomic E-state index is 0.0873. The van der Waals surface area contributed by atoms with Crippen molar-refractivity contribution >= 4 is 17.6 Å². The van der Waals surface area contributed by atoms with Crippen LogP contribution in [0.4, 0.5) is 4.79 Å². The average molecular weight is 347 g/mol. The number of aliphatic hydroxyl groups excluding tert-OH is 1. The number of carbonyl (C=O) groups excluding carboxylic acids is 1. The summed E-state index contributed by atoms with van der Waals surface area (Å²) in [6.45, 7) is 2.49. The fraction of sp³-hybridized carbons (Fsp3) is 0.316. The first-order valence-electron chi connectivity index (χ1n) is 8.05. The minimum Gasteiger partial charge on any atom is -0.396 e. The lowest BCUT2D eigenvalue weighted by molar-refractivity contribution is 0.234. The average Bonchev–Trinajstić information content (AvgIpc) is 2.60. The van der Waals surface area contributed by atoms with Gasteiger partial charge >= 0.3 is 6.03 Å². The highest BCUT2D eigenvalue weighted by molar-refractivity contribution is 6.30. The molecule has 0 bridgehead atoms. The summed E-state index contributed by atoms with van der Waals surface area (Å²) in [5.74, 6) is 0.0905. The Kier molecular flexibility index (Phi) is 7.09. The Morgan fingerprint density at radius 3 is 2.38 bits per heavy atom. The summed E-state index contributed by atoms with van der Waals surface area (Å²) in [5, 5.41) is 15.7. The van der Waals surface area contributed by atoms with Gasteiger partial charge in [0.15, 0.2) is 0 Å². The van der Waals surface area contributed by atoms with Crippen molar-refractivity contribution in [3.05, 3.63) is 70.7 Å². The van der Waals surface area contributed by atoms with Gasteiger partial charge in [-0.15, -0.1) is 0 Å². The van der Waals surface area contributed by atoms with Crippen molar-refractivity contribution in [3.63, 3.8) is 0 Å². The first-order chi connectivity index (χ1) is 11.6. The molecule has 2 aromatic carbocycles. The number of aliphatic hydroxyl groups is 1. The number of halogens is 1. The number of urea groups is 1. The Labute approximate surface area is 147 Å². The van der Waals surface area contributed by atoms with Gasteiger partial charge in [-0.1, -0.05) is 54.1 Å². The molecule has 2 amide bonds. The standard InChI is InChI=1S/C19H23ClN2O2/c1-14(15-7-9-18(20)10-8-15)22-19(24)21-13-17(11-12-23)16-5-3-2-4-6-16/h2-10,14,17,23H,11-13H2,1H3,(H2,21,22,24). The Balaban J connectivity index is 1.87. The molecule has 24 heavy (non-hydrogen) atoms. The van der Waals surface area contributed by atoms with Crippen molar-refractivity contribution in [3.8, 4) is 0 Å². The second-order valence-electron chi connectivity index (χ2n) is 5.75. The highest BCUT2D eigenvalue weighted by Crippen LogP contribution is 2.18. The van der Waals surface area contributed by atoms with Gasteiger partial charge in [0.2, 0.25) is 0 Å². The number of hydrogen-bond acceptors (Lipinski definition) is 2. The normalized spacial score (nSPS) is 13.1. The lowest BCUT2D eigenvalue weighted by Gasteiger charge is -2.19. The topological polar surface area (TPSA) is 61.4 Å². The van der Waals surface area contributed by atoms with E-state index in [1.807, 2.05) is 49.4 Å². The van der Waals surface area contributed by atoms with Crippen molar-refractivity contribution in [1.82, 2.24) is 10.6 Å². The Morgan fingerprint density at radius 1 is 1.08 bits per heavy atom. The zero-order valence-corrected chi connectivity index (χ0v) is 14.5. The molecule has 0 aliphatic carbocycles. The minimum atomic E-state index is -0.226. The highest BCUT2D eigenvalue weighted by Gasteiger charge is 2.14. The second kappa shape index (κ2) is 9.30. The summed E-state index contributed by atoms with van der Waals surface area (Å²) in [4.78, 5) is 12.1. The molecular weight excluding hydrogens is 324 g/mol. The molecule has 0 aliphatic heterocycles. The van der Waals surface area contributed by atoms with Gasteiger partial charge in [0, 0.05) is 24.1 Å². The van der Waals surface area contributed by atoms with Crippen molar-refractivity contribution in [1.29, 1.82) is 0 Å². The van der Waals surface area contributed by atoms with E-state index < -0.39 is 0 Å². The van der Waals surface area contributed by atoms with Gasteiger partial charge in [0.25, 0.3) is 0 Å². The lowest BCUT2D eigenvalue weighted by atomic mass is 9.96. The van der Waals surface area contributed by atoms with Crippen LogP contribution in [0.3, 0.4) is 0 Å². The van der Waals surface area contributed by atoms with Crippen LogP contribution >= 0.6 is 11.6 Å². The Bertz CT molecular complexity index is 632. The van der Waals surface area contributed by atoms with E-state index in [0.29, 0.717) is 18.0 Å². The lowest BCUT2D eigenvalue weighted by Crippen LogP contribution is -2.39. The van der Waals surface area contributed by atoms with Crippen LogP contribution in [0.1, 0.15) is 36.4 Å². The molecule has 0 fully saturated rings. The van der Waals surface area contributed by atoms with Crippen LogP contribution in [0.25, 0.3) is 0 Å². The Morgan fingerprint density at radius 2 is 1.75 bits per heavy atom. The quantitative estimate of drug-likeness (QED) is 0.712. The van der Waals surface area contributed by atoms with Crippen LogP contribution < -0.4 is 10.6 Å². The maximum atomic E-state index is 12.1. The smallest absolute Gasteiger partial charge is 0.315 e. The van der Waals surface area contributed by atoms with Crippen LogP contribution in [-0.2, 0) is 0 Å². The van der Waals surface area contributed by atoms with Crippen molar-refractivity contribution in [2.75, 3.05) is 13.2 Å². The van der Waals surface area contributed by atoms with Gasteiger partial charge in [-0.3, -0.25) is 0 Å². The Hall–Kier alpha value is -2.04. The summed E-state index contributed by atoms with van der Waals surface area (Å²) in [6, 6.07) is 17.0. The maximum absolute atomic E-state index is 12.1. The fourth-order valence-corrected chi connectivity index (χ4v) is 2.69. The monoisotopic (exact) mass is 346 g/mol. The van der Waals surface area contributed by atoms with Gasteiger partial charge in [0.05, 0.1) is 6.04 Å². The third-order valence-electron chi connectivity index (χ3n) is 3.98. The van der Waals surface area contributed by atoms with E-state index in [2.05, 4.69) is 10.6 Å². The summed E-state index contributed by atoms with van der Waals surface area (Å²) < 4.78 is 0. The number of rotatable bonds is 7. The fourth-order valence-electron chi connectivity index (χ4n) is 2.57. The zero-order chi connectivity index (χ0) is 17.4. The van der Waals surface area contributed by atoms with Crippen molar-refractivity contribution in [2.24, 2.45) is 0 Å². The summed E-state index contributed by atoms with van der Waals surface area (Å²) in [5.41, 5.74) is 2.10. The molecule has 2 atom stereocenters. The zero-order valence-electron chi connectivity index (χ0n) is 13.7. The predicted octanol–water partition coefficient (Wildman–Crippen LogP) is 3.87. The van der Waals surface area contributed by atoms with E-state index in [1.165, 1.54) is 0 Å². The number of hydrogen-bond donors (Lipinski definition) is 3. The SMILES string of the molecule is CC(NC(=O)NCC(CCO)c1ccccc1)c1ccc(Cl)cc1. The van der Waals surface area contributed by atoms with Crippen LogP contribution in [0, 0.1) is 0 Å². The molecule has 0 saturated heterocycles. The molecule has 2 rings (SSSR count). The van der Waals surface area contributed by atoms with Gasteiger partial charge in [0.1, 0.15) is 0 Å². The largest absolute Gasteiger partial charge is 0.396 e. The molecule has 0 saturated carbocycles. The first kappa shape index (κ1) is 18.3. The van der Waals surface area contributed by atoms with Crippen LogP contribution in [0.5, 0.6) is 0 Å². The molecule has 5 heteroatoms. The molecule has 0 heterocycles. The summed E-state index contributed by atoms with van der Waals surface area (Å²) in [6.07, 6.45) is 0.608. The molecule has 4 nitrogen and oxygen atoms in total. The van der Waals surface area contributed by atoms with E-state index in [1.54, 1.807) is 12.1 Å². The van der Waals surface area contributed by atoms with Gasteiger partial charge in [-0.25, -0.2) is 4.79 Å². The van der Waals surface area contributed by atoms with Gasteiger partial charge < -0.3 is 15.7 Å². The predicted molar refractivity (Wildman–Crippen MR) is 97.3 cm³/mol. The van der Waals surface area contributed by atoms with Crippen LogP contribution in [-0.4, -0.2) is 24.3 Å². The number of amides is 2. The number of carbonyl (C=O) groups is 1. The molecule has 2 unspecified atom stereocenters. The molecule has 0 spiro atoms. The highest BCUT2D eigenvalue weighted by atomic mass is 35.5. The third kappa shape index (κ3) is 5.55. The second-order valence-corrected chi connectivity index (χ2v) is 6.18.